The Morgan fingerprint density at radius 1 is 1.21 bits per heavy atom. The van der Waals surface area contributed by atoms with Gasteiger partial charge in [-0.05, 0) is 18.8 Å². The third kappa shape index (κ3) is 2.86. The van der Waals surface area contributed by atoms with E-state index in [1.807, 2.05) is 4.57 Å². The third-order valence-corrected chi connectivity index (χ3v) is 4.46. The summed E-state index contributed by atoms with van der Waals surface area (Å²) in [4.78, 5) is 39.0. The van der Waals surface area contributed by atoms with E-state index < -0.39 is 6.04 Å². The van der Waals surface area contributed by atoms with Crippen molar-refractivity contribution in [3.8, 4) is 0 Å². The number of hydrogen-bond acceptors (Lipinski definition) is 5. The second-order valence-electron chi connectivity index (χ2n) is 6.27. The van der Waals surface area contributed by atoms with Gasteiger partial charge < -0.3 is 14.8 Å². The van der Waals surface area contributed by atoms with E-state index in [1.165, 1.54) is 31.4 Å². The van der Waals surface area contributed by atoms with Gasteiger partial charge in [-0.25, -0.2) is 9.97 Å². The van der Waals surface area contributed by atoms with E-state index >= 15 is 0 Å². The minimum atomic E-state index is -0.462. The zero-order chi connectivity index (χ0) is 16.5. The van der Waals surface area contributed by atoms with E-state index in [0.29, 0.717) is 25.6 Å². The first kappa shape index (κ1) is 14.8. The molecule has 1 atom stereocenters. The van der Waals surface area contributed by atoms with E-state index in [1.54, 1.807) is 17.4 Å². The van der Waals surface area contributed by atoms with Crippen LogP contribution < -0.4 is 5.32 Å². The number of nitrogens with one attached hydrogen (secondary N) is 1. The molecule has 1 aliphatic heterocycles. The van der Waals surface area contributed by atoms with Crippen molar-refractivity contribution < 1.29 is 9.59 Å². The largest absolute Gasteiger partial charge is 0.354 e. The summed E-state index contributed by atoms with van der Waals surface area (Å²) >= 11 is 0. The van der Waals surface area contributed by atoms with Crippen molar-refractivity contribution in [2.45, 2.75) is 25.4 Å². The molecule has 2 aromatic rings. The molecule has 0 radical (unpaired) electrons. The van der Waals surface area contributed by atoms with Gasteiger partial charge in [0.1, 0.15) is 11.7 Å². The molecule has 1 aliphatic carbocycles. The monoisotopic (exact) mass is 326 g/mol. The first-order valence-corrected chi connectivity index (χ1v) is 8.06. The van der Waals surface area contributed by atoms with E-state index in [4.69, 9.17) is 0 Å². The van der Waals surface area contributed by atoms with Gasteiger partial charge in [0.25, 0.3) is 5.91 Å². The minimum Gasteiger partial charge on any atom is -0.354 e. The van der Waals surface area contributed by atoms with E-state index in [0.717, 1.165) is 5.69 Å². The fourth-order valence-electron chi connectivity index (χ4n) is 2.91. The van der Waals surface area contributed by atoms with E-state index in [9.17, 15) is 9.59 Å². The van der Waals surface area contributed by atoms with E-state index in [2.05, 4.69) is 20.3 Å². The highest BCUT2D eigenvalue weighted by Gasteiger charge is 2.34. The van der Waals surface area contributed by atoms with Crippen LogP contribution >= 0.6 is 0 Å². The average molecular weight is 326 g/mol. The Morgan fingerprint density at radius 3 is 2.83 bits per heavy atom. The number of carbonyl (C=O) groups is 2. The van der Waals surface area contributed by atoms with Crippen LogP contribution in [0.3, 0.4) is 0 Å². The molecule has 0 bridgehead atoms. The summed E-state index contributed by atoms with van der Waals surface area (Å²) in [5.41, 5.74) is 1.12. The average Bonchev–Trinajstić information content (AvgIpc) is 3.34. The molecule has 2 aromatic heterocycles. The van der Waals surface area contributed by atoms with Crippen LogP contribution in [0.4, 0.5) is 0 Å². The molecule has 4 rings (SSSR count). The number of amides is 2. The van der Waals surface area contributed by atoms with Crippen molar-refractivity contribution in [3.63, 3.8) is 0 Å². The van der Waals surface area contributed by atoms with Crippen LogP contribution in [0.1, 0.15) is 35.1 Å². The highest BCUT2D eigenvalue weighted by molar-refractivity contribution is 5.92. The second-order valence-corrected chi connectivity index (χ2v) is 6.27. The third-order valence-electron chi connectivity index (χ3n) is 4.46. The lowest BCUT2D eigenvalue weighted by Crippen LogP contribution is -2.47. The molecule has 2 aliphatic rings. The van der Waals surface area contributed by atoms with Gasteiger partial charge in [-0.15, -0.1) is 0 Å². The van der Waals surface area contributed by atoms with Gasteiger partial charge in [0.15, 0.2) is 0 Å². The number of aromatic nitrogens is 4. The summed E-state index contributed by atoms with van der Waals surface area (Å²) < 4.78 is 1.85. The van der Waals surface area contributed by atoms with Gasteiger partial charge >= 0.3 is 0 Å². The van der Waals surface area contributed by atoms with Crippen molar-refractivity contribution in [2.24, 2.45) is 5.92 Å². The summed E-state index contributed by atoms with van der Waals surface area (Å²) in [6.07, 6.45) is 10.2. The van der Waals surface area contributed by atoms with Crippen molar-refractivity contribution in [1.82, 2.24) is 29.7 Å². The van der Waals surface area contributed by atoms with Crippen LogP contribution in [0.5, 0.6) is 0 Å². The molecule has 0 saturated heterocycles. The first-order valence-electron chi connectivity index (χ1n) is 8.06. The Kier molecular flexibility index (Phi) is 3.72. The maximum atomic E-state index is 12.6. The van der Waals surface area contributed by atoms with Gasteiger partial charge in [0.2, 0.25) is 5.91 Å². The normalized spacial score (nSPS) is 19.7. The number of imidazole rings is 1. The summed E-state index contributed by atoms with van der Waals surface area (Å²) in [7, 11) is 0. The topological polar surface area (TPSA) is 93.0 Å². The molecule has 0 unspecified atom stereocenters. The molecule has 1 N–H and O–H groups in total. The van der Waals surface area contributed by atoms with Crippen molar-refractivity contribution in [2.75, 3.05) is 13.1 Å². The van der Waals surface area contributed by atoms with Crippen molar-refractivity contribution >= 4 is 11.8 Å². The Labute approximate surface area is 138 Å². The Balaban J connectivity index is 1.54. The van der Waals surface area contributed by atoms with Crippen LogP contribution in [0.25, 0.3) is 0 Å². The predicted octanol–water partition coefficient (Wildman–Crippen LogP) is 0.396. The first-order chi connectivity index (χ1) is 11.7. The minimum absolute atomic E-state index is 0.0715. The van der Waals surface area contributed by atoms with E-state index in [-0.39, 0.29) is 17.5 Å². The van der Waals surface area contributed by atoms with Gasteiger partial charge in [0.05, 0.1) is 31.3 Å². The Hall–Kier alpha value is -2.77. The number of fused-ring (bicyclic) bond motifs is 1. The molecule has 0 aromatic carbocycles. The smallest absolute Gasteiger partial charge is 0.274 e. The quantitative estimate of drug-likeness (QED) is 0.878. The number of carbonyl (C=O) groups excluding carboxylic acids is 2. The molecular weight excluding hydrogens is 308 g/mol. The molecule has 124 valence electrons. The maximum Gasteiger partial charge on any atom is 0.274 e. The SMILES string of the molecule is O=C(NCC1CC1)[C@H]1CN(C(=O)c2cnccn2)Cc2cncn21. The molecule has 1 saturated carbocycles. The fraction of sp³-hybridized carbons (Fsp3) is 0.438. The molecule has 0 spiro atoms. The maximum absolute atomic E-state index is 12.6. The number of hydrogen-bond donors (Lipinski definition) is 1. The van der Waals surface area contributed by atoms with Crippen LogP contribution in [0.2, 0.25) is 0 Å². The number of rotatable bonds is 4. The van der Waals surface area contributed by atoms with Crippen LogP contribution in [-0.2, 0) is 11.3 Å². The summed E-state index contributed by atoms with van der Waals surface area (Å²) in [6, 6.07) is -0.462. The van der Waals surface area contributed by atoms with Gasteiger partial charge in [-0.1, -0.05) is 0 Å². The standard InChI is InChI=1S/C16H18N6O2/c23-15(20-5-11-1-2-11)14-9-21(8-12-6-18-10-22(12)14)16(24)13-7-17-3-4-19-13/h3-4,6-7,10-11,14H,1-2,5,8-9H2,(H,20,23)/t14-/m1/s1. The van der Waals surface area contributed by atoms with Gasteiger partial charge in [-0.2, -0.15) is 0 Å². The lowest BCUT2D eigenvalue weighted by Gasteiger charge is -2.33. The summed E-state index contributed by atoms with van der Waals surface area (Å²) in [6.45, 7) is 1.41. The van der Waals surface area contributed by atoms with Crippen LogP contribution in [0.15, 0.2) is 31.1 Å². The Morgan fingerprint density at radius 2 is 2.08 bits per heavy atom. The highest BCUT2D eigenvalue weighted by atomic mass is 16.2. The van der Waals surface area contributed by atoms with Crippen LogP contribution in [-0.4, -0.2) is 49.3 Å². The Bertz CT molecular complexity index is 755. The van der Waals surface area contributed by atoms with Crippen molar-refractivity contribution in [1.29, 1.82) is 0 Å². The zero-order valence-electron chi connectivity index (χ0n) is 13.1. The summed E-state index contributed by atoms with van der Waals surface area (Å²) in [5.74, 6) is 0.311. The molecule has 8 nitrogen and oxygen atoms in total. The predicted molar refractivity (Wildman–Crippen MR) is 83.8 cm³/mol. The number of nitrogens with zero attached hydrogens (tertiary/aromatic N) is 5. The lowest BCUT2D eigenvalue weighted by molar-refractivity contribution is -0.125. The molecule has 24 heavy (non-hydrogen) atoms. The van der Waals surface area contributed by atoms with Gasteiger partial charge in [0, 0.05) is 25.1 Å². The second kappa shape index (κ2) is 6.03. The summed E-state index contributed by atoms with van der Waals surface area (Å²) in [5, 5.41) is 2.99. The highest BCUT2D eigenvalue weighted by Crippen LogP contribution is 2.28. The molecule has 3 heterocycles. The van der Waals surface area contributed by atoms with Gasteiger partial charge in [-0.3, -0.25) is 14.6 Å². The molecule has 1 fully saturated rings. The zero-order valence-corrected chi connectivity index (χ0v) is 13.1. The lowest BCUT2D eigenvalue weighted by atomic mass is 10.1. The van der Waals surface area contributed by atoms with Crippen LogP contribution in [0, 0.1) is 5.92 Å². The molecule has 8 heteroatoms. The fourth-order valence-corrected chi connectivity index (χ4v) is 2.91. The molecule has 2 amide bonds. The van der Waals surface area contributed by atoms with Crippen molar-refractivity contribution in [3.05, 3.63) is 42.5 Å². The molecular formula is C16H18N6O2.